The first-order chi connectivity index (χ1) is 14.2. The maximum atomic E-state index is 5.16. The second kappa shape index (κ2) is 56.5. The zero-order chi connectivity index (χ0) is 23.4. The first-order valence-electron chi connectivity index (χ1n) is 12.8. The van der Waals surface area contributed by atoms with E-state index in [1.165, 1.54) is 89.9 Å². The minimum atomic E-state index is 0.611. The third-order valence-electron chi connectivity index (χ3n) is 3.85. The monoisotopic (exact) mass is 421 g/mol. The third-order valence-corrected chi connectivity index (χ3v) is 3.85. The average Bonchev–Trinajstić information content (AvgIpc) is 2.81. The molecule has 2 fully saturated rings. The Kier molecular flexibility index (Phi) is 76.6. The van der Waals surface area contributed by atoms with Crippen LogP contribution in [0.5, 0.6) is 0 Å². The molecule has 2 saturated carbocycles. The number of hydrogen-bond acceptors (Lipinski definition) is 4. The summed E-state index contributed by atoms with van der Waals surface area (Å²) in [5, 5.41) is 3.03. The molecule has 4 nitrogen and oxygen atoms in total. The first-order valence-corrected chi connectivity index (χ1v) is 12.8. The summed E-state index contributed by atoms with van der Waals surface area (Å²) in [7, 11) is 3.25. The van der Waals surface area contributed by atoms with Crippen molar-refractivity contribution in [1.29, 1.82) is 0 Å². The molecule has 0 saturated heterocycles. The van der Waals surface area contributed by atoms with Crippen molar-refractivity contribution in [3.63, 3.8) is 0 Å². The van der Waals surface area contributed by atoms with E-state index in [0.29, 0.717) is 6.67 Å². The zero-order valence-corrected chi connectivity index (χ0v) is 22.1. The van der Waals surface area contributed by atoms with Crippen molar-refractivity contribution in [2.75, 3.05) is 34.0 Å². The molecular weight excluding hydrogens is 358 g/mol. The fourth-order valence-corrected chi connectivity index (χ4v) is 2.53. The van der Waals surface area contributed by atoms with Crippen molar-refractivity contribution in [1.82, 2.24) is 5.32 Å². The van der Waals surface area contributed by atoms with Gasteiger partial charge in [-0.2, -0.15) is 0 Å². The molecule has 4 heteroatoms. The minimum Gasteiger partial charge on any atom is -0.388 e. The van der Waals surface area contributed by atoms with Crippen molar-refractivity contribution in [3.8, 4) is 0 Å². The molecule has 0 aromatic rings. The van der Waals surface area contributed by atoms with Gasteiger partial charge >= 0.3 is 0 Å². The zero-order valence-electron chi connectivity index (χ0n) is 22.1. The highest BCUT2D eigenvalue weighted by Gasteiger charge is 1.96. The summed E-state index contributed by atoms with van der Waals surface area (Å²) in [6.45, 7) is 14.5. The molecule has 0 unspecified atom stereocenters. The molecule has 29 heavy (non-hydrogen) atoms. The highest BCUT2D eigenvalue weighted by Crippen LogP contribution is 2.15. The van der Waals surface area contributed by atoms with Crippen LogP contribution in [0.4, 0.5) is 0 Å². The Hall–Kier alpha value is -0.160. The molecular formula is C25H63N3O. The van der Waals surface area contributed by atoms with E-state index in [2.05, 4.69) is 17.0 Å². The average molecular weight is 422 g/mol. The van der Waals surface area contributed by atoms with E-state index in [0.717, 1.165) is 13.1 Å². The second-order valence-corrected chi connectivity index (χ2v) is 6.62. The molecule has 0 heterocycles. The van der Waals surface area contributed by atoms with Crippen molar-refractivity contribution in [3.05, 3.63) is 0 Å². The largest absolute Gasteiger partial charge is 0.388 e. The van der Waals surface area contributed by atoms with E-state index in [-0.39, 0.29) is 0 Å². The molecule has 0 radical (unpaired) electrons. The topological polar surface area (TPSA) is 73.3 Å². The molecule has 0 aromatic carbocycles. The Bertz CT molecular complexity index is 132. The highest BCUT2D eigenvalue weighted by molar-refractivity contribution is 4.51. The van der Waals surface area contributed by atoms with E-state index in [4.69, 9.17) is 11.5 Å². The van der Waals surface area contributed by atoms with Gasteiger partial charge < -0.3 is 21.5 Å². The van der Waals surface area contributed by atoms with Gasteiger partial charge in [-0.1, -0.05) is 125 Å². The lowest BCUT2D eigenvalue weighted by Crippen LogP contribution is -2.22. The SMILES string of the molecule is C1CCCCC1.C1CCCCC1.CC.CC.CCCCNCN.CCN.COC. The maximum Gasteiger partial charge on any atom is 0.0428 e. The summed E-state index contributed by atoms with van der Waals surface area (Å²) in [4.78, 5) is 0. The molecule has 2 aliphatic carbocycles. The maximum absolute atomic E-state index is 5.16. The number of nitrogens with two attached hydrogens (primary N) is 2. The van der Waals surface area contributed by atoms with Crippen LogP contribution in [0.25, 0.3) is 0 Å². The normalized spacial score (nSPS) is 13.9. The van der Waals surface area contributed by atoms with Crippen LogP contribution in [-0.4, -0.2) is 34.0 Å². The number of rotatable bonds is 4. The first kappa shape index (κ1) is 39.3. The van der Waals surface area contributed by atoms with Crippen LogP contribution in [0, 0.1) is 0 Å². The molecule has 0 amide bonds. The Morgan fingerprint density at radius 3 is 0.966 bits per heavy atom. The Balaban J connectivity index is -0.0000000818. The predicted molar refractivity (Wildman–Crippen MR) is 138 cm³/mol. The fraction of sp³-hybridized carbons (Fsp3) is 1.00. The molecule has 0 aromatic heterocycles. The summed E-state index contributed by atoms with van der Waals surface area (Å²) in [6.07, 6.45) is 20.5. The van der Waals surface area contributed by atoms with Gasteiger partial charge in [0.15, 0.2) is 0 Å². The molecule has 0 aliphatic heterocycles. The number of methoxy groups -OCH3 is 1. The van der Waals surface area contributed by atoms with E-state index in [1.807, 2.05) is 34.6 Å². The van der Waals surface area contributed by atoms with Crippen molar-refractivity contribution in [2.45, 2.75) is 131 Å². The van der Waals surface area contributed by atoms with Crippen molar-refractivity contribution in [2.24, 2.45) is 11.5 Å². The summed E-state index contributed by atoms with van der Waals surface area (Å²) in [5.74, 6) is 0. The summed E-state index contributed by atoms with van der Waals surface area (Å²) in [6, 6.07) is 0. The Morgan fingerprint density at radius 2 is 0.828 bits per heavy atom. The van der Waals surface area contributed by atoms with Crippen LogP contribution in [-0.2, 0) is 4.74 Å². The Labute approximate surface area is 187 Å². The molecule has 0 atom stereocenters. The lowest BCUT2D eigenvalue weighted by Gasteiger charge is -2.05. The highest BCUT2D eigenvalue weighted by atomic mass is 16.4. The van der Waals surface area contributed by atoms with Gasteiger partial charge in [-0.05, 0) is 19.5 Å². The van der Waals surface area contributed by atoms with Crippen LogP contribution in [0.15, 0.2) is 0 Å². The number of nitrogens with one attached hydrogen (secondary N) is 1. The number of ether oxygens (including phenoxy) is 1. The smallest absolute Gasteiger partial charge is 0.0428 e. The lowest BCUT2D eigenvalue weighted by molar-refractivity contribution is 0.277. The van der Waals surface area contributed by atoms with Gasteiger partial charge in [0.05, 0.1) is 0 Å². The van der Waals surface area contributed by atoms with Gasteiger partial charge in [-0.15, -0.1) is 0 Å². The van der Waals surface area contributed by atoms with Crippen LogP contribution < -0.4 is 16.8 Å². The summed E-state index contributed by atoms with van der Waals surface area (Å²) >= 11 is 0. The Morgan fingerprint density at radius 1 is 0.621 bits per heavy atom. The molecule has 2 aliphatic rings. The van der Waals surface area contributed by atoms with Crippen LogP contribution >= 0.6 is 0 Å². The second-order valence-electron chi connectivity index (χ2n) is 6.62. The number of hydrogen-bond donors (Lipinski definition) is 3. The molecule has 2 rings (SSSR count). The summed E-state index contributed by atoms with van der Waals surface area (Å²) < 4.78 is 4.25. The van der Waals surface area contributed by atoms with Crippen LogP contribution in [0.1, 0.15) is 131 Å². The van der Waals surface area contributed by atoms with Gasteiger partial charge in [-0.3, -0.25) is 0 Å². The number of unbranched alkanes of at least 4 members (excludes halogenated alkanes) is 1. The summed E-state index contributed by atoms with van der Waals surface area (Å²) in [5.41, 5.74) is 10.0. The van der Waals surface area contributed by atoms with Gasteiger partial charge in [0.25, 0.3) is 0 Å². The molecule has 0 spiro atoms. The van der Waals surface area contributed by atoms with E-state index < -0.39 is 0 Å². The molecule has 5 N–H and O–H groups in total. The lowest BCUT2D eigenvalue weighted by atomic mass is 10.0. The fourth-order valence-electron chi connectivity index (χ4n) is 2.53. The van der Waals surface area contributed by atoms with E-state index in [9.17, 15) is 0 Å². The van der Waals surface area contributed by atoms with Crippen molar-refractivity contribution < 1.29 is 4.74 Å². The van der Waals surface area contributed by atoms with E-state index >= 15 is 0 Å². The predicted octanol–water partition coefficient (Wildman–Crippen LogP) is 7.25. The molecule has 184 valence electrons. The van der Waals surface area contributed by atoms with Gasteiger partial charge in [0.2, 0.25) is 0 Å². The van der Waals surface area contributed by atoms with Crippen LogP contribution in [0.2, 0.25) is 0 Å². The van der Waals surface area contributed by atoms with E-state index in [1.54, 1.807) is 14.2 Å². The van der Waals surface area contributed by atoms with Gasteiger partial charge in [0.1, 0.15) is 0 Å². The quantitative estimate of drug-likeness (QED) is 0.330. The standard InChI is InChI=1S/2C6H12.C5H14N2.C2H7N.C2H6O.2C2H6/c2*1-2-4-6-5-3-1;1-2-3-4-7-5-6;1-2-3;1-3-2;2*1-2/h2*1-6H2;7H,2-6H2,1H3;2-3H2,1H3;1-2H3;2*1-2H3. The third kappa shape index (κ3) is 74.1. The minimum absolute atomic E-state index is 0.611. The molecule has 0 bridgehead atoms. The van der Waals surface area contributed by atoms with Gasteiger partial charge in [-0.25, -0.2) is 0 Å². The van der Waals surface area contributed by atoms with Crippen molar-refractivity contribution >= 4 is 0 Å². The van der Waals surface area contributed by atoms with Gasteiger partial charge in [0, 0.05) is 20.9 Å². The van der Waals surface area contributed by atoms with Crippen LogP contribution in [0.3, 0.4) is 0 Å².